The zero-order chi connectivity index (χ0) is 19.8. The lowest BCUT2D eigenvalue weighted by Gasteiger charge is -2.28. The molecule has 1 saturated heterocycles. The molecule has 27 heavy (non-hydrogen) atoms. The number of hydrogen-bond acceptors (Lipinski definition) is 10. The van der Waals surface area contributed by atoms with Crippen LogP contribution in [0.2, 0.25) is 0 Å². The van der Waals surface area contributed by atoms with E-state index in [2.05, 4.69) is 15.3 Å². The molecule has 1 unspecified atom stereocenters. The Bertz CT molecular complexity index is 671. The van der Waals surface area contributed by atoms with Crippen LogP contribution in [-0.4, -0.2) is 59.8 Å². The van der Waals surface area contributed by atoms with Crippen LogP contribution in [0.3, 0.4) is 0 Å². The van der Waals surface area contributed by atoms with Crippen molar-refractivity contribution in [3.8, 4) is 6.01 Å². The Kier molecular flexibility index (Phi) is 7.53. The zero-order valence-corrected chi connectivity index (χ0v) is 15.6. The number of carbonyl (C=O) groups excluding carboxylic acids is 1. The predicted molar refractivity (Wildman–Crippen MR) is 98.8 cm³/mol. The van der Waals surface area contributed by atoms with Gasteiger partial charge in [0, 0.05) is 13.1 Å². The fraction of sp³-hybridized carbons (Fsp3) is 0.688. The second-order valence-electron chi connectivity index (χ2n) is 6.02. The number of aromatic nitrogens is 2. The molecule has 1 fully saturated rings. The highest BCUT2D eigenvalue weighted by molar-refractivity contribution is 5.82. The molecule has 0 spiro atoms. The topological polar surface area (TPSA) is 146 Å². The van der Waals surface area contributed by atoms with Crippen LogP contribution in [0.5, 0.6) is 6.01 Å². The number of esters is 1. The summed E-state index contributed by atoms with van der Waals surface area (Å²) in [6.07, 6.45) is 2.12. The van der Waals surface area contributed by atoms with Crippen molar-refractivity contribution in [3.05, 3.63) is 10.1 Å². The second kappa shape index (κ2) is 9.86. The van der Waals surface area contributed by atoms with Crippen molar-refractivity contribution >= 4 is 23.3 Å². The van der Waals surface area contributed by atoms with Crippen LogP contribution in [0.15, 0.2) is 0 Å². The number of nitro groups is 1. The summed E-state index contributed by atoms with van der Waals surface area (Å²) in [6, 6.07) is -0.752. The second-order valence-corrected chi connectivity index (χ2v) is 6.02. The van der Waals surface area contributed by atoms with E-state index in [0.29, 0.717) is 32.7 Å². The number of nitrogens with two attached hydrogens (primary N) is 1. The van der Waals surface area contributed by atoms with Crippen molar-refractivity contribution in [3.63, 3.8) is 0 Å². The first kappa shape index (κ1) is 20.6. The Balaban J connectivity index is 2.46. The van der Waals surface area contributed by atoms with E-state index < -0.39 is 22.6 Å². The van der Waals surface area contributed by atoms with Gasteiger partial charge < -0.3 is 25.4 Å². The molecule has 1 aliphatic heterocycles. The van der Waals surface area contributed by atoms with Gasteiger partial charge in [0.05, 0.1) is 18.1 Å². The van der Waals surface area contributed by atoms with Crippen LogP contribution in [0, 0.1) is 10.1 Å². The molecule has 0 amide bonds. The lowest BCUT2D eigenvalue weighted by molar-refractivity contribution is -0.383. The quantitative estimate of drug-likeness (QED) is 0.287. The van der Waals surface area contributed by atoms with Gasteiger partial charge in [-0.3, -0.25) is 10.1 Å². The molecule has 0 aromatic carbocycles. The fourth-order valence-corrected chi connectivity index (χ4v) is 2.80. The van der Waals surface area contributed by atoms with E-state index in [4.69, 9.17) is 15.2 Å². The first-order valence-electron chi connectivity index (χ1n) is 9.08. The molecule has 3 N–H and O–H groups in total. The van der Waals surface area contributed by atoms with Crippen molar-refractivity contribution in [2.24, 2.45) is 0 Å². The number of hydrogen-bond donors (Lipinski definition) is 2. The monoisotopic (exact) mass is 382 g/mol. The summed E-state index contributed by atoms with van der Waals surface area (Å²) in [7, 11) is 0. The highest BCUT2D eigenvalue weighted by atomic mass is 16.6. The average Bonchev–Trinajstić information content (AvgIpc) is 2.87. The van der Waals surface area contributed by atoms with Gasteiger partial charge in [-0.15, -0.1) is 0 Å². The van der Waals surface area contributed by atoms with Crippen molar-refractivity contribution in [1.29, 1.82) is 0 Å². The van der Waals surface area contributed by atoms with Crippen LogP contribution < -0.4 is 20.7 Å². The Hall–Kier alpha value is -2.69. The molecule has 1 atom stereocenters. The molecule has 0 bridgehead atoms. The lowest BCUT2D eigenvalue weighted by atomic mass is 10.1. The van der Waals surface area contributed by atoms with E-state index >= 15 is 0 Å². The highest BCUT2D eigenvalue weighted by Gasteiger charge is 2.36. The minimum absolute atomic E-state index is 0.0271. The normalized spacial score (nSPS) is 17.3. The smallest absolute Gasteiger partial charge is 0.353 e. The third-order valence-electron chi connectivity index (χ3n) is 4.11. The first-order valence-corrected chi connectivity index (χ1v) is 9.08. The maximum atomic E-state index is 12.4. The zero-order valence-electron chi connectivity index (χ0n) is 15.6. The predicted octanol–water partition coefficient (Wildman–Crippen LogP) is 0.877. The molecule has 2 heterocycles. The molecule has 2 rings (SSSR count). The van der Waals surface area contributed by atoms with Crippen molar-refractivity contribution in [2.75, 3.05) is 43.5 Å². The number of carbonyl (C=O) groups is 1. The summed E-state index contributed by atoms with van der Waals surface area (Å²) in [4.78, 5) is 33.1. The van der Waals surface area contributed by atoms with Gasteiger partial charge >= 0.3 is 17.7 Å². The molecule has 1 aliphatic rings. The first-order chi connectivity index (χ1) is 13.0. The minimum Gasteiger partial charge on any atom is -0.464 e. The maximum Gasteiger partial charge on any atom is 0.353 e. The van der Waals surface area contributed by atoms with Crippen LogP contribution in [-0.2, 0) is 9.53 Å². The molecule has 150 valence electrons. The number of unbranched alkanes of at least 4 members (excludes halogenated alkanes) is 1. The summed E-state index contributed by atoms with van der Waals surface area (Å²) in [6.45, 7) is 5.74. The number of ether oxygens (including phenoxy) is 2. The molecule has 0 aliphatic carbocycles. The number of nitrogen functional groups attached to an aromatic ring is 1. The molecule has 11 nitrogen and oxygen atoms in total. The van der Waals surface area contributed by atoms with Gasteiger partial charge in [-0.25, -0.2) is 4.79 Å². The molecule has 0 saturated carbocycles. The Morgan fingerprint density at radius 1 is 1.41 bits per heavy atom. The number of nitrogens with zero attached hydrogens (tertiary/aromatic N) is 4. The van der Waals surface area contributed by atoms with Gasteiger partial charge in [-0.2, -0.15) is 9.97 Å². The Morgan fingerprint density at radius 3 is 2.85 bits per heavy atom. The van der Waals surface area contributed by atoms with Gasteiger partial charge in [0.2, 0.25) is 11.6 Å². The van der Waals surface area contributed by atoms with E-state index in [0.717, 1.165) is 12.8 Å². The van der Waals surface area contributed by atoms with Crippen LogP contribution in [0.4, 0.5) is 17.3 Å². The van der Waals surface area contributed by atoms with E-state index in [1.807, 2.05) is 6.92 Å². The van der Waals surface area contributed by atoms with E-state index in [1.165, 1.54) is 0 Å². The summed E-state index contributed by atoms with van der Waals surface area (Å²) < 4.78 is 10.6. The maximum absolute atomic E-state index is 12.4. The molecule has 0 radical (unpaired) electrons. The molecule has 11 heteroatoms. The SMILES string of the molecule is CCCCOc1nc(N)c([N+](=O)[O-])c(N2CCNCCC2C(=O)OCC)n1. The number of rotatable bonds is 8. The lowest BCUT2D eigenvalue weighted by Crippen LogP contribution is -2.44. The van der Waals surface area contributed by atoms with E-state index in [1.54, 1.807) is 11.8 Å². The molecular formula is C16H26N6O5. The molecule has 1 aromatic rings. The van der Waals surface area contributed by atoms with Crippen molar-refractivity contribution < 1.29 is 19.2 Å². The number of anilines is 2. The van der Waals surface area contributed by atoms with Crippen LogP contribution >= 0.6 is 0 Å². The van der Waals surface area contributed by atoms with E-state index in [-0.39, 0.29) is 24.3 Å². The molecular weight excluding hydrogens is 356 g/mol. The Labute approximate surface area is 157 Å². The summed E-state index contributed by atoms with van der Waals surface area (Å²) in [5.74, 6) is -0.779. The third-order valence-corrected chi connectivity index (χ3v) is 4.11. The van der Waals surface area contributed by atoms with Gasteiger partial charge in [0.1, 0.15) is 6.04 Å². The van der Waals surface area contributed by atoms with Crippen molar-refractivity contribution in [2.45, 2.75) is 39.2 Å². The average molecular weight is 382 g/mol. The number of nitrogens with one attached hydrogen (secondary N) is 1. The van der Waals surface area contributed by atoms with Crippen LogP contribution in [0.25, 0.3) is 0 Å². The summed E-state index contributed by atoms with van der Waals surface area (Å²) >= 11 is 0. The summed E-state index contributed by atoms with van der Waals surface area (Å²) in [5, 5.41) is 14.8. The highest BCUT2D eigenvalue weighted by Crippen LogP contribution is 2.34. The fourth-order valence-electron chi connectivity index (χ4n) is 2.80. The van der Waals surface area contributed by atoms with Gasteiger partial charge in [0.15, 0.2) is 0 Å². The van der Waals surface area contributed by atoms with Crippen molar-refractivity contribution in [1.82, 2.24) is 15.3 Å². The van der Waals surface area contributed by atoms with Gasteiger partial charge in [-0.1, -0.05) is 13.3 Å². The van der Waals surface area contributed by atoms with Crippen LogP contribution in [0.1, 0.15) is 33.1 Å². The van der Waals surface area contributed by atoms with E-state index in [9.17, 15) is 14.9 Å². The van der Waals surface area contributed by atoms with Gasteiger partial charge in [-0.05, 0) is 26.3 Å². The standard InChI is InChI=1S/C16H26N6O5/c1-3-5-10-27-16-19-13(17)12(22(24)25)14(20-16)21-9-8-18-7-6-11(21)15(23)26-4-2/h11,18H,3-10H2,1-2H3,(H2,17,19,20). The Morgan fingerprint density at radius 2 is 2.19 bits per heavy atom. The third kappa shape index (κ3) is 5.16. The minimum atomic E-state index is -0.712. The molecule has 1 aromatic heterocycles. The van der Waals surface area contributed by atoms with Gasteiger partial charge in [0.25, 0.3) is 0 Å². The summed E-state index contributed by atoms with van der Waals surface area (Å²) in [5.41, 5.74) is 5.39. The largest absolute Gasteiger partial charge is 0.464 e.